The van der Waals surface area contributed by atoms with Gasteiger partial charge >= 0.3 is 0 Å². The standard InChI is InChI=1S/C18H28O6/c19-11-13-14(22-17(21-13)7-3-1-4-8-17)12(20)16-15(11)23-18(24-16)9-5-2-6-10-18/h11-16,19-20H,1-10H2. The molecule has 0 aromatic rings. The van der Waals surface area contributed by atoms with Gasteiger partial charge in [-0.05, 0) is 25.7 Å². The van der Waals surface area contributed by atoms with Gasteiger partial charge in [0.15, 0.2) is 11.6 Å². The quantitative estimate of drug-likeness (QED) is 0.698. The van der Waals surface area contributed by atoms with Gasteiger partial charge in [-0.3, -0.25) is 0 Å². The first-order chi connectivity index (χ1) is 11.6. The van der Waals surface area contributed by atoms with Gasteiger partial charge in [0.25, 0.3) is 0 Å². The van der Waals surface area contributed by atoms with Crippen molar-refractivity contribution in [1.82, 2.24) is 0 Å². The molecule has 136 valence electrons. The van der Waals surface area contributed by atoms with Crippen molar-refractivity contribution in [3.8, 4) is 0 Å². The van der Waals surface area contributed by atoms with Crippen LogP contribution in [0.15, 0.2) is 0 Å². The van der Waals surface area contributed by atoms with Crippen LogP contribution in [0.5, 0.6) is 0 Å². The summed E-state index contributed by atoms with van der Waals surface area (Å²) in [6.45, 7) is 0. The van der Waals surface area contributed by atoms with Crippen LogP contribution in [0, 0.1) is 0 Å². The fraction of sp³-hybridized carbons (Fsp3) is 1.00. The van der Waals surface area contributed by atoms with Gasteiger partial charge in [-0.1, -0.05) is 12.8 Å². The second-order valence-electron chi connectivity index (χ2n) is 8.25. The summed E-state index contributed by atoms with van der Waals surface area (Å²) >= 11 is 0. The molecule has 0 aromatic heterocycles. The Kier molecular flexibility index (Phi) is 3.75. The molecule has 2 aliphatic heterocycles. The molecule has 4 unspecified atom stereocenters. The van der Waals surface area contributed by atoms with Crippen molar-refractivity contribution in [1.29, 1.82) is 0 Å². The Bertz CT molecular complexity index is 412. The van der Waals surface area contributed by atoms with Gasteiger partial charge in [-0.25, -0.2) is 0 Å². The smallest absolute Gasteiger partial charge is 0.169 e. The number of hydrogen-bond donors (Lipinski definition) is 2. The fourth-order valence-corrected chi connectivity index (χ4v) is 5.40. The van der Waals surface area contributed by atoms with E-state index in [1.165, 1.54) is 12.8 Å². The van der Waals surface area contributed by atoms with Crippen LogP contribution in [0.25, 0.3) is 0 Å². The van der Waals surface area contributed by atoms with E-state index in [0.29, 0.717) is 0 Å². The van der Waals surface area contributed by atoms with Gasteiger partial charge in [0.05, 0.1) is 0 Å². The maximum atomic E-state index is 10.9. The largest absolute Gasteiger partial charge is 0.387 e. The van der Waals surface area contributed by atoms with E-state index in [2.05, 4.69) is 0 Å². The molecule has 3 saturated carbocycles. The highest BCUT2D eigenvalue weighted by atomic mass is 16.8. The topological polar surface area (TPSA) is 77.4 Å². The summed E-state index contributed by atoms with van der Waals surface area (Å²) in [6, 6.07) is 0. The summed E-state index contributed by atoms with van der Waals surface area (Å²) in [5.41, 5.74) is 0. The van der Waals surface area contributed by atoms with Gasteiger partial charge in [-0.15, -0.1) is 0 Å². The fourth-order valence-electron chi connectivity index (χ4n) is 5.40. The molecule has 24 heavy (non-hydrogen) atoms. The molecule has 0 bridgehead atoms. The molecule has 0 aromatic carbocycles. The average molecular weight is 340 g/mol. The normalized spacial score (nSPS) is 49.2. The average Bonchev–Trinajstić information content (AvgIpc) is 3.14. The van der Waals surface area contributed by atoms with E-state index in [0.717, 1.165) is 51.4 Å². The van der Waals surface area contributed by atoms with E-state index >= 15 is 0 Å². The van der Waals surface area contributed by atoms with Crippen molar-refractivity contribution < 1.29 is 29.2 Å². The number of aliphatic hydroxyl groups is 2. The third-order valence-corrected chi connectivity index (χ3v) is 6.63. The summed E-state index contributed by atoms with van der Waals surface area (Å²) in [5, 5.41) is 21.7. The minimum Gasteiger partial charge on any atom is -0.387 e. The lowest BCUT2D eigenvalue weighted by atomic mass is 9.85. The highest BCUT2D eigenvalue weighted by Crippen LogP contribution is 2.50. The molecule has 3 aliphatic carbocycles. The lowest BCUT2D eigenvalue weighted by Crippen LogP contribution is -2.61. The highest BCUT2D eigenvalue weighted by molar-refractivity contribution is 5.09. The van der Waals surface area contributed by atoms with Crippen LogP contribution in [0.3, 0.4) is 0 Å². The Labute approximate surface area is 142 Å². The minimum atomic E-state index is -0.814. The lowest BCUT2D eigenvalue weighted by Gasteiger charge is -2.38. The monoisotopic (exact) mass is 340 g/mol. The molecule has 6 heteroatoms. The Hall–Kier alpha value is -0.240. The molecular formula is C18H28O6. The first-order valence-electron chi connectivity index (χ1n) is 9.69. The van der Waals surface area contributed by atoms with E-state index in [1.807, 2.05) is 0 Å². The number of fused-ring (bicyclic) bond motifs is 2. The van der Waals surface area contributed by atoms with Crippen molar-refractivity contribution in [3.05, 3.63) is 0 Å². The first kappa shape index (κ1) is 16.0. The zero-order valence-corrected chi connectivity index (χ0v) is 14.1. The molecule has 5 rings (SSSR count). The molecular weight excluding hydrogens is 312 g/mol. The van der Waals surface area contributed by atoms with Crippen molar-refractivity contribution in [3.63, 3.8) is 0 Å². The predicted octanol–water partition coefficient (Wildman–Crippen LogP) is 1.61. The molecule has 2 N–H and O–H groups in total. The Morgan fingerprint density at radius 2 is 0.792 bits per heavy atom. The molecule has 2 spiro atoms. The van der Waals surface area contributed by atoms with Crippen LogP contribution in [-0.2, 0) is 18.9 Å². The van der Waals surface area contributed by atoms with Crippen LogP contribution in [0.4, 0.5) is 0 Å². The summed E-state index contributed by atoms with van der Waals surface area (Å²) in [7, 11) is 0. The van der Waals surface area contributed by atoms with Crippen LogP contribution in [-0.4, -0.2) is 58.4 Å². The third kappa shape index (κ3) is 2.31. The molecule has 5 aliphatic rings. The van der Waals surface area contributed by atoms with Gasteiger partial charge in [0.2, 0.25) is 0 Å². The first-order valence-corrected chi connectivity index (χ1v) is 9.69. The number of aliphatic hydroxyl groups excluding tert-OH is 2. The molecule has 0 amide bonds. The molecule has 2 saturated heterocycles. The van der Waals surface area contributed by atoms with Crippen LogP contribution >= 0.6 is 0 Å². The molecule has 4 atom stereocenters. The maximum absolute atomic E-state index is 10.9. The van der Waals surface area contributed by atoms with Gasteiger partial charge in [0.1, 0.15) is 36.6 Å². The summed E-state index contributed by atoms with van der Waals surface area (Å²) in [4.78, 5) is 0. The lowest BCUT2D eigenvalue weighted by molar-refractivity contribution is -0.224. The molecule has 5 fully saturated rings. The Balaban J connectivity index is 1.38. The van der Waals surface area contributed by atoms with E-state index in [-0.39, 0.29) is 0 Å². The maximum Gasteiger partial charge on any atom is 0.169 e. The van der Waals surface area contributed by atoms with Gasteiger partial charge in [-0.2, -0.15) is 0 Å². The van der Waals surface area contributed by atoms with Crippen molar-refractivity contribution >= 4 is 0 Å². The molecule has 0 radical (unpaired) electrons. The Morgan fingerprint density at radius 3 is 1.08 bits per heavy atom. The zero-order valence-electron chi connectivity index (χ0n) is 14.1. The van der Waals surface area contributed by atoms with E-state index in [1.54, 1.807) is 0 Å². The second-order valence-corrected chi connectivity index (χ2v) is 8.25. The summed E-state index contributed by atoms with van der Waals surface area (Å²) in [5.74, 6) is -1.26. The summed E-state index contributed by atoms with van der Waals surface area (Å²) < 4.78 is 24.8. The van der Waals surface area contributed by atoms with E-state index < -0.39 is 48.2 Å². The Morgan fingerprint density at radius 1 is 0.500 bits per heavy atom. The van der Waals surface area contributed by atoms with E-state index in [4.69, 9.17) is 18.9 Å². The van der Waals surface area contributed by atoms with Crippen molar-refractivity contribution in [2.45, 2.75) is 112 Å². The summed E-state index contributed by atoms with van der Waals surface area (Å²) in [6.07, 6.45) is 6.24. The third-order valence-electron chi connectivity index (χ3n) is 6.63. The van der Waals surface area contributed by atoms with Crippen molar-refractivity contribution in [2.75, 3.05) is 0 Å². The van der Waals surface area contributed by atoms with Gasteiger partial charge < -0.3 is 29.2 Å². The number of ether oxygens (including phenoxy) is 4. The molecule has 6 nitrogen and oxygen atoms in total. The van der Waals surface area contributed by atoms with E-state index in [9.17, 15) is 10.2 Å². The van der Waals surface area contributed by atoms with Gasteiger partial charge in [0, 0.05) is 25.7 Å². The zero-order chi connectivity index (χ0) is 16.4. The minimum absolute atomic E-state index is 0.526. The predicted molar refractivity (Wildman–Crippen MR) is 83.1 cm³/mol. The number of hydrogen-bond acceptors (Lipinski definition) is 6. The van der Waals surface area contributed by atoms with Crippen LogP contribution in [0.1, 0.15) is 64.2 Å². The second kappa shape index (κ2) is 5.63. The molecule has 2 heterocycles. The highest BCUT2D eigenvalue weighted by Gasteiger charge is 2.65. The number of rotatable bonds is 0. The van der Waals surface area contributed by atoms with Crippen molar-refractivity contribution in [2.24, 2.45) is 0 Å². The van der Waals surface area contributed by atoms with Crippen LogP contribution < -0.4 is 0 Å². The SMILES string of the molecule is OC1C2OC3(CCCCC3)OC2C(O)C2OC3(CCCCC3)OC12. The van der Waals surface area contributed by atoms with Crippen LogP contribution in [0.2, 0.25) is 0 Å².